The summed E-state index contributed by atoms with van der Waals surface area (Å²) < 4.78 is 10.7. The zero-order valence-corrected chi connectivity index (χ0v) is 12.2. The SMILES string of the molecule is C=Cc1ccc(O)c(C(=O)OC2CCCC=C2COC)c1. The number of hydrogen-bond acceptors (Lipinski definition) is 4. The van der Waals surface area contributed by atoms with Crippen molar-refractivity contribution >= 4 is 12.0 Å². The number of phenolic OH excluding ortho intramolecular Hbond substituents is 1. The van der Waals surface area contributed by atoms with Gasteiger partial charge in [-0.25, -0.2) is 4.79 Å². The summed E-state index contributed by atoms with van der Waals surface area (Å²) >= 11 is 0. The Morgan fingerprint density at radius 2 is 2.33 bits per heavy atom. The number of hydrogen-bond donors (Lipinski definition) is 1. The number of ether oxygens (including phenoxy) is 2. The zero-order valence-electron chi connectivity index (χ0n) is 12.2. The number of phenols is 1. The minimum atomic E-state index is -0.523. The molecule has 1 atom stereocenters. The van der Waals surface area contributed by atoms with E-state index in [-0.39, 0.29) is 17.4 Å². The number of rotatable bonds is 5. The van der Waals surface area contributed by atoms with Gasteiger partial charge in [0.15, 0.2) is 0 Å². The minimum Gasteiger partial charge on any atom is -0.507 e. The van der Waals surface area contributed by atoms with Crippen LogP contribution in [0.1, 0.15) is 35.2 Å². The Labute approximate surface area is 124 Å². The van der Waals surface area contributed by atoms with E-state index in [1.165, 1.54) is 6.07 Å². The van der Waals surface area contributed by atoms with E-state index < -0.39 is 5.97 Å². The fourth-order valence-electron chi connectivity index (χ4n) is 2.40. The van der Waals surface area contributed by atoms with E-state index in [0.29, 0.717) is 6.61 Å². The highest BCUT2D eigenvalue weighted by Gasteiger charge is 2.23. The maximum atomic E-state index is 12.3. The molecule has 0 spiro atoms. The summed E-state index contributed by atoms with van der Waals surface area (Å²) in [6.45, 7) is 4.11. The molecule has 0 amide bonds. The van der Waals surface area contributed by atoms with Crippen LogP contribution in [0.5, 0.6) is 5.75 Å². The van der Waals surface area contributed by atoms with Crippen molar-refractivity contribution in [1.82, 2.24) is 0 Å². The van der Waals surface area contributed by atoms with E-state index in [1.54, 1.807) is 25.3 Å². The number of carbonyl (C=O) groups excluding carboxylic acids is 1. The average Bonchev–Trinajstić information content (AvgIpc) is 2.50. The van der Waals surface area contributed by atoms with Crippen LogP contribution in [0.2, 0.25) is 0 Å². The lowest BCUT2D eigenvalue weighted by atomic mass is 9.97. The molecule has 1 aromatic carbocycles. The van der Waals surface area contributed by atoms with Crippen LogP contribution in [0.4, 0.5) is 0 Å². The molecule has 112 valence electrons. The smallest absolute Gasteiger partial charge is 0.342 e. The van der Waals surface area contributed by atoms with Crippen molar-refractivity contribution in [2.24, 2.45) is 0 Å². The molecular weight excluding hydrogens is 268 g/mol. The molecule has 1 aliphatic carbocycles. The van der Waals surface area contributed by atoms with Crippen LogP contribution in [0, 0.1) is 0 Å². The first-order valence-electron chi connectivity index (χ1n) is 7.00. The van der Waals surface area contributed by atoms with Crippen LogP contribution in [-0.2, 0) is 9.47 Å². The van der Waals surface area contributed by atoms with Gasteiger partial charge in [0.25, 0.3) is 0 Å². The van der Waals surface area contributed by atoms with E-state index in [9.17, 15) is 9.90 Å². The van der Waals surface area contributed by atoms with Crippen molar-refractivity contribution < 1.29 is 19.4 Å². The van der Waals surface area contributed by atoms with E-state index in [4.69, 9.17) is 9.47 Å². The maximum Gasteiger partial charge on any atom is 0.342 e. The molecular formula is C17H20O4. The second-order valence-corrected chi connectivity index (χ2v) is 5.02. The summed E-state index contributed by atoms with van der Waals surface area (Å²) in [7, 11) is 1.62. The van der Waals surface area contributed by atoms with Crippen molar-refractivity contribution in [3.63, 3.8) is 0 Å². The Bertz CT molecular complexity index is 560. The lowest BCUT2D eigenvalue weighted by molar-refractivity contribution is 0.0312. The summed E-state index contributed by atoms with van der Waals surface area (Å²) in [5, 5.41) is 9.83. The lowest BCUT2D eigenvalue weighted by Crippen LogP contribution is -2.25. The van der Waals surface area contributed by atoms with Gasteiger partial charge in [0.1, 0.15) is 17.4 Å². The first-order chi connectivity index (χ1) is 10.2. The molecule has 0 bridgehead atoms. The molecule has 0 saturated heterocycles. The summed E-state index contributed by atoms with van der Waals surface area (Å²) in [4.78, 5) is 12.3. The molecule has 0 aliphatic heterocycles. The highest BCUT2D eigenvalue weighted by Crippen LogP contribution is 2.25. The summed E-state index contributed by atoms with van der Waals surface area (Å²) in [6.07, 6.45) is 6.13. The summed E-state index contributed by atoms with van der Waals surface area (Å²) in [6, 6.07) is 4.74. The van der Waals surface area contributed by atoms with Gasteiger partial charge < -0.3 is 14.6 Å². The van der Waals surface area contributed by atoms with Gasteiger partial charge in [0, 0.05) is 7.11 Å². The largest absolute Gasteiger partial charge is 0.507 e. The van der Waals surface area contributed by atoms with Crippen molar-refractivity contribution in [1.29, 1.82) is 0 Å². The monoisotopic (exact) mass is 288 g/mol. The van der Waals surface area contributed by atoms with Crippen molar-refractivity contribution in [3.05, 3.63) is 47.6 Å². The Balaban J connectivity index is 2.15. The standard InChI is InChI=1S/C17H20O4/c1-3-12-8-9-15(18)14(10-12)17(19)21-16-7-5-4-6-13(16)11-20-2/h3,6,8-10,16,18H,1,4-5,7,11H2,2H3. The van der Waals surface area contributed by atoms with Gasteiger partial charge in [-0.1, -0.05) is 24.8 Å². The third-order valence-corrected chi connectivity index (χ3v) is 3.53. The van der Waals surface area contributed by atoms with Gasteiger partial charge in [-0.3, -0.25) is 0 Å². The van der Waals surface area contributed by atoms with Gasteiger partial charge in [0.05, 0.1) is 6.61 Å². The topological polar surface area (TPSA) is 55.8 Å². The number of aromatic hydroxyl groups is 1. The molecule has 21 heavy (non-hydrogen) atoms. The quantitative estimate of drug-likeness (QED) is 0.667. The molecule has 0 heterocycles. The van der Waals surface area contributed by atoms with Crippen LogP contribution in [0.3, 0.4) is 0 Å². The van der Waals surface area contributed by atoms with Crippen LogP contribution < -0.4 is 0 Å². The Hall–Kier alpha value is -2.07. The summed E-state index contributed by atoms with van der Waals surface area (Å²) in [5.74, 6) is -0.608. The number of benzene rings is 1. The third-order valence-electron chi connectivity index (χ3n) is 3.53. The lowest BCUT2D eigenvalue weighted by Gasteiger charge is -2.24. The van der Waals surface area contributed by atoms with Crippen LogP contribution in [0.15, 0.2) is 36.4 Å². The molecule has 1 aliphatic rings. The molecule has 1 aromatic rings. The molecule has 1 unspecified atom stereocenters. The highest BCUT2D eigenvalue weighted by molar-refractivity contribution is 5.93. The fourth-order valence-corrected chi connectivity index (χ4v) is 2.40. The van der Waals surface area contributed by atoms with Crippen molar-refractivity contribution in [2.45, 2.75) is 25.4 Å². The Morgan fingerprint density at radius 3 is 3.05 bits per heavy atom. The average molecular weight is 288 g/mol. The first-order valence-corrected chi connectivity index (χ1v) is 7.00. The van der Waals surface area contributed by atoms with Gasteiger partial charge >= 0.3 is 5.97 Å². The predicted molar refractivity (Wildman–Crippen MR) is 81.2 cm³/mol. The molecule has 0 aromatic heterocycles. The number of allylic oxidation sites excluding steroid dienone is 1. The molecule has 1 N–H and O–H groups in total. The van der Waals surface area contributed by atoms with E-state index in [1.807, 2.05) is 0 Å². The van der Waals surface area contributed by atoms with Crippen molar-refractivity contribution in [3.8, 4) is 5.75 Å². The molecule has 0 radical (unpaired) electrons. The fraction of sp³-hybridized carbons (Fsp3) is 0.353. The number of esters is 1. The molecule has 4 nitrogen and oxygen atoms in total. The van der Waals surface area contributed by atoms with Gasteiger partial charge in [-0.2, -0.15) is 0 Å². The molecule has 0 fully saturated rings. The number of methoxy groups -OCH3 is 1. The van der Waals surface area contributed by atoms with Crippen LogP contribution >= 0.6 is 0 Å². The third kappa shape index (κ3) is 3.73. The van der Waals surface area contributed by atoms with Crippen LogP contribution in [-0.4, -0.2) is 30.9 Å². The predicted octanol–water partition coefficient (Wildman–Crippen LogP) is 3.32. The van der Waals surface area contributed by atoms with E-state index in [0.717, 1.165) is 30.4 Å². The maximum absolute atomic E-state index is 12.3. The Kier molecular flexibility index (Phi) is 5.17. The zero-order chi connectivity index (χ0) is 15.2. The molecule has 2 rings (SSSR count). The van der Waals surface area contributed by atoms with E-state index >= 15 is 0 Å². The number of carbonyl (C=O) groups is 1. The minimum absolute atomic E-state index is 0.0846. The van der Waals surface area contributed by atoms with Crippen LogP contribution in [0.25, 0.3) is 6.08 Å². The highest BCUT2D eigenvalue weighted by atomic mass is 16.5. The second kappa shape index (κ2) is 7.09. The second-order valence-electron chi connectivity index (χ2n) is 5.02. The van der Waals surface area contributed by atoms with Gasteiger partial charge in [0.2, 0.25) is 0 Å². The first kappa shape index (κ1) is 15.3. The van der Waals surface area contributed by atoms with Gasteiger partial charge in [-0.05, 0) is 42.5 Å². The van der Waals surface area contributed by atoms with Crippen molar-refractivity contribution in [2.75, 3.05) is 13.7 Å². The van der Waals surface area contributed by atoms with E-state index in [2.05, 4.69) is 12.7 Å². The van der Waals surface area contributed by atoms with Gasteiger partial charge in [-0.15, -0.1) is 0 Å². The normalized spacial score (nSPS) is 18.0. The Morgan fingerprint density at radius 1 is 1.52 bits per heavy atom. The summed E-state index contributed by atoms with van der Waals surface area (Å²) in [5.41, 5.74) is 1.90. The molecule has 0 saturated carbocycles. The molecule has 4 heteroatoms.